The van der Waals surface area contributed by atoms with E-state index in [1.54, 1.807) is 19.1 Å². The van der Waals surface area contributed by atoms with Crippen molar-refractivity contribution in [3.05, 3.63) is 33.7 Å². The van der Waals surface area contributed by atoms with Crippen LogP contribution in [0.25, 0.3) is 0 Å². The lowest BCUT2D eigenvalue weighted by atomic mass is 9.92. The predicted molar refractivity (Wildman–Crippen MR) is 87.7 cm³/mol. The number of carbonyl (C=O) groups excluding carboxylic acids is 3. The van der Waals surface area contributed by atoms with Gasteiger partial charge in [0.05, 0.1) is 24.5 Å². The predicted octanol–water partition coefficient (Wildman–Crippen LogP) is 1.57. The maximum atomic E-state index is 13.0. The van der Waals surface area contributed by atoms with Crippen molar-refractivity contribution in [2.24, 2.45) is 10.4 Å². The van der Waals surface area contributed by atoms with Gasteiger partial charge in [0.25, 0.3) is 5.91 Å². The number of halogens is 1. The van der Waals surface area contributed by atoms with E-state index in [9.17, 15) is 19.3 Å². The smallest absolute Gasteiger partial charge is 0.354 e. The molecular formula is C15H13ClN4O5. The lowest BCUT2D eigenvalue weighted by Crippen LogP contribution is -2.48. The summed E-state index contributed by atoms with van der Waals surface area (Å²) in [7, 11) is 1.15. The summed E-state index contributed by atoms with van der Waals surface area (Å²) in [6, 6.07) is 4.73. The molecule has 1 fully saturated rings. The Hall–Kier alpha value is -2.81. The van der Waals surface area contributed by atoms with E-state index in [2.05, 4.69) is 15.1 Å². The topological polar surface area (TPSA) is 109 Å². The Morgan fingerprint density at radius 1 is 1.36 bits per heavy atom. The number of anilines is 1. The zero-order valence-corrected chi connectivity index (χ0v) is 14.1. The Balaban J connectivity index is 1.99. The van der Waals surface area contributed by atoms with Crippen LogP contribution in [-0.4, -0.2) is 41.3 Å². The number of rotatable bonds is 3. The highest BCUT2D eigenvalue weighted by atomic mass is 35.5. The number of imide groups is 1. The molecular weight excluding hydrogens is 352 g/mol. The average molecular weight is 365 g/mol. The van der Waals surface area contributed by atoms with Crippen LogP contribution in [0.15, 0.2) is 28.6 Å². The number of hydrazone groups is 1. The maximum Gasteiger partial charge on any atom is 0.354 e. The van der Waals surface area contributed by atoms with Crippen LogP contribution < -0.4 is 4.90 Å². The molecule has 0 N–H and O–H groups in total. The molecule has 25 heavy (non-hydrogen) atoms. The van der Waals surface area contributed by atoms with Crippen LogP contribution >= 0.6 is 11.6 Å². The highest BCUT2D eigenvalue weighted by molar-refractivity contribution is 6.39. The van der Waals surface area contributed by atoms with Crippen molar-refractivity contribution in [3.8, 4) is 0 Å². The second-order valence-corrected chi connectivity index (χ2v) is 6.17. The molecule has 2 aliphatic heterocycles. The fourth-order valence-corrected chi connectivity index (χ4v) is 3.10. The first-order chi connectivity index (χ1) is 11.8. The number of hydrogen-bond donors (Lipinski definition) is 0. The fraction of sp³-hybridized carbons (Fsp3) is 0.333. The largest absolute Gasteiger partial charge is 0.464 e. The van der Waals surface area contributed by atoms with Gasteiger partial charge < -0.3 is 4.74 Å². The molecule has 0 aromatic heterocycles. The minimum atomic E-state index is -1.65. The van der Waals surface area contributed by atoms with Gasteiger partial charge in [0.1, 0.15) is 0 Å². The monoisotopic (exact) mass is 364 g/mol. The first-order valence-corrected chi connectivity index (χ1v) is 7.64. The third-order valence-electron chi connectivity index (χ3n) is 4.26. The van der Waals surface area contributed by atoms with Crippen LogP contribution in [-0.2, 0) is 19.1 Å². The summed E-state index contributed by atoms with van der Waals surface area (Å²) in [5.74, 6) is -2.03. The number of nitroso groups, excluding NO2 is 1. The number of nitrogens with zero attached hydrogens (tertiary/aromatic N) is 4. The van der Waals surface area contributed by atoms with Crippen LogP contribution in [0, 0.1) is 11.8 Å². The second-order valence-electron chi connectivity index (χ2n) is 5.76. The number of benzene rings is 1. The molecule has 0 saturated carbocycles. The normalized spacial score (nSPS) is 22.6. The highest BCUT2D eigenvalue weighted by Gasteiger charge is 2.61. The van der Waals surface area contributed by atoms with E-state index in [0.717, 1.165) is 17.6 Å². The molecule has 9 nitrogen and oxygen atoms in total. The molecule has 130 valence electrons. The van der Waals surface area contributed by atoms with Crippen molar-refractivity contribution in [3.63, 3.8) is 0 Å². The van der Waals surface area contributed by atoms with E-state index in [-0.39, 0.29) is 24.2 Å². The number of methoxy groups -OCH3 is 1. The Bertz CT molecular complexity index is 839. The lowest BCUT2D eigenvalue weighted by Gasteiger charge is -2.24. The van der Waals surface area contributed by atoms with E-state index in [0.29, 0.717) is 10.1 Å². The van der Waals surface area contributed by atoms with Crippen molar-refractivity contribution in [2.45, 2.75) is 25.3 Å². The van der Waals surface area contributed by atoms with Gasteiger partial charge in [-0.25, -0.2) is 9.69 Å². The molecule has 0 radical (unpaired) electrons. The van der Waals surface area contributed by atoms with Crippen LogP contribution in [0.3, 0.4) is 0 Å². The minimum absolute atomic E-state index is 0.146. The summed E-state index contributed by atoms with van der Waals surface area (Å²) < 4.78 is 4.56. The van der Waals surface area contributed by atoms with Gasteiger partial charge in [-0.05, 0) is 24.6 Å². The number of carbonyl (C=O) groups is 3. The molecule has 3 rings (SSSR count). The standard InChI is InChI=1S/C15H13ClN4O5/c1-8-3-4-9(5-10(8)16)19-12(21)7-15(14(19)23)6-11(13(22)25-2)17-20(15)18-24/h3-5H,6-7H2,1-2H3. The summed E-state index contributed by atoms with van der Waals surface area (Å²) in [6.45, 7) is 1.78. The van der Waals surface area contributed by atoms with Gasteiger partial charge in [0, 0.05) is 11.4 Å². The average Bonchev–Trinajstić information content (AvgIpc) is 3.08. The van der Waals surface area contributed by atoms with E-state index >= 15 is 0 Å². The molecule has 2 aliphatic rings. The van der Waals surface area contributed by atoms with Gasteiger partial charge in [-0.15, -0.1) is 15.1 Å². The van der Waals surface area contributed by atoms with Gasteiger partial charge in [0.15, 0.2) is 11.3 Å². The van der Waals surface area contributed by atoms with Crippen LogP contribution in [0.1, 0.15) is 18.4 Å². The fourth-order valence-electron chi connectivity index (χ4n) is 2.92. The van der Waals surface area contributed by atoms with E-state index in [4.69, 9.17) is 11.6 Å². The van der Waals surface area contributed by atoms with Gasteiger partial charge >= 0.3 is 5.97 Å². The molecule has 0 bridgehead atoms. The first-order valence-electron chi connectivity index (χ1n) is 7.27. The van der Waals surface area contributed by atoms with Crippen LogP contribution in [0.5, 0.6) is 0 Å². The molecule has 1 unspecified atom stereocenters. The van der Waals surface area contributed by atoms with E-state index in [1.807, 2.05) is 0 Å². The summed E-state index contributed by atoms with van der Waals surface area (Å²) in [4.78, 5) is 49.2. The Labute approximate surface area is 147 Å². The third kappa shape index (κ3) is 2.47. The number of amides is 2. The highest BCUT2D eigenvalue weighted by Crippen LogP contribution is 2.41. The molecule has 1 saturated heterocycles. The second kappa shape index (κ2) is 5.92. The van der Waals surface area contributed by atoms with Gasteiger partial charge in [0.2, 0.25) is 5.91 Å². The van der Waals surface area contributed by atoms with Gasteiger partial charge in [-0.2, -0.15) is 0 Å². The number of hydrogen-bond acceptors (Lipinski definition) is 7. The molecule has 2 amide bonds. The zero-order valence-electron chi connectivity index (χ0n) is 13.4. The summed E-state index contributed by atoms with van der Waals surface area (Å²) in [6.07, 6.45) is -0.584. The quantitative estimate of drug-likeness (QED) is 0.457. The Morgan fingerprint density at radius 3 is 2.68 bits per heavy atom. The van der Waals surface area contributed by atoms with Crippen molar-refractivity contribution < 1.29 is 19.1 Å². The molecule has 0 aliphatic carbocycles. The number of aryl methyl sites for hydroxylation is 1. The molecule has 1 spiro atoms. The van der Waals surface area contributed by atoms with Gasteiger partial charge in [-0.3, -0.25) is 9.59 Å². The van der Waals surface area contributed by atoms with Crippen molar-refractivity contribution in [1.82, 2.24) is 5.12 Å². The van der Waals surface area contributed by atoms with E-state index < -0.39 is 23.3 Å². The van der Waals surface area contributed by atoms with E-state index in [1.165, 1.54) is 6.07 Å². The van der Waals surface area contributed by atoms with Crippen molar-refractivity contribution in [2.75, 3.05) is 12.0 Å². The zero-order chi connectivity index (χ0) is 18.4. The summed E-state index contributed by atoms with van der Waals surface area (Å²) in [5.41, 5.74) is -0.737. The lowest BCUT2D eigenvalue weighted by molar-refractivity contribution is -0.132. The number of ether oxygens (including phenoxy) is 1. The number of esters is 1. The molecule has 10 heteroatoms. The molecule has 1 atom stereocenters. The summed E-state index contributed by atoms with van der Waals surface area (Å²) in [5, 5.41) is 7.39. The van der Waals surface area contributed by atoms with Crippen LogP contribution in [0.2, 0.25) is 5.02 Å². The first kappa shape index (κ1) is 17.0. The Kier molecular flexibility index (Phi) is 4.03. The molecule has 1 aromatic rings. The SMILES string of the molecule is COC(=O)C1=NN(N=O)C2(CC(=O)N(c3ccc(C)c(Cl)c3)C2=O)C1. The molecule has 1 aromatic carbocycles. The minimum Gasteiger partial charge on any atom is -0.464 e. The molecule has 2 heterocycles. The Morgan fingerprint density at radius 2 is 2.08 bits per heavy atom. The maximum absolute atomic E-state index is 13.0. The van der Waals surface area contributed by atoms with Crippen LogP contribution in [0.4, 0.5) is 5.69 Å². The summed E-state index contributed by atoms with van der Waals surface area (Å²) >= 11 is 6.07. The van der Waals surface area contributed by atoms with Crippen molar-refractivity contribution >= 4 is 40.8 Å². The third-order valence-corrected chi connectivity index (χ3v) is 4.67. The van der Waals surface area contributed by atoms with Crippen molar-refractivity contribution in [1.29, 1.82) is 0 Å². The van der Waals surface area contributed by atoms with Gasteiger partial charge in [-0.1, -0.05) is 17.7 Å².